The molecule has 0 aliphatic heterocycles. The lowest BCUT2D eigenvalue weighted by Gasteiger charge is -2.12. The lowest BCUT2D eigenvalue weighted by molar-refractivity contribution is -0.141. The van der Waals surface area contributed by atoms with Crippen LogP contribution in [0.5, 0.6) is 0 Å². The molecule has 0 aliphatic carbocycles. The fraction of sp³-hybridized carbons (Fsp3) is 0.375. The summed E-state index contributed by atoms with van der Waals surface area (Å²) in [5.41, 5.74) is 0.595. The van der Waals surface area contributed by atoms with Crippen LogP contribution in [0.3, 0.4) is 0 Å². The zero-order valence-corrected chi connectivity index (χ0v) is 13.3. The number of amides is 1. The van der Waals surface area contributed by atoms with Crippen LogP contribution >= 0.6 is 11.3 Å². The summed E-state index contributed by atoms with van der Waals surface area (Å²) in [6.07, 6.45) is 1.25. The third kappa shape index (κ3) is 3.27. The first-order valence-electron chi connectivity index (χ1n) is 7.14. The van der Waals surface area contributed by atoms with Gasteiger partial charge in [0.1, 0.15) is 5.82 Å². The number of aryl methyl sites for hydroxylation is 1. The van der Waals surface area contributed by atoms with Crippen molar-refractivity contribution in [2.45, 2.75) is 26.7 Å². The molecule has 1 aromatic carbocycles. The van der Waals surface area contributed by atoms with Crippen molar-refractivity contribution in [3.8, 4) is 0 Å². The van der Waals surface area contributed by atoms with Crippen LogP contribution in [-0.2, 0) is 4.79 Å². The van der Waals surface area contributed by atoms with Crippen LogP contribution in [0.4, 0.5) is 4.39 Å². The standard InChI is InChI=1S/C16H18FNO3S/c1-3-5-10(16(20)21)8-18-15(19)14-9(2)13-11(17)6-4-7-12(13)22-14/h4,6-7,10H,3,5,8H2,1-2H3,(H,18,19)(H,20,21). The average Bonchev–Trinajstić information content (AvgIpc) is 2.81. The maximum atomic E-state index is 13.8. The number of benzene rings is 1. The highest BCUT2D eigenvalue weighted by Gasteiger charge is 2.21. The van der Waals surface area contributed by atoms with E-state index in [0.29, 0.717) is 26.9 Å². The zero-order valence-electron chi connectivity index (χ0n) is 12.5. The number of hydrogen-bond donors (Lipinski definition) is 2. The van der Waals surface area contributed by atoms with Crippen LogP contribution < -0.4 is 5.32 Å². The smallest absolute Gasteiger partial charge is 0.308 e. The van der Waals surface area contributed by atoms with Crippen LogP contribution in [0.1, 0.15) is 35.0 Å². The lowest BCUT2D eigenvalue weighted by atomic mass is 10.0. The summed E-state index contributed by atoms with van der Waals surface area (Å²) in [7, 11) is 0. The molecule has 1 aromatic heterocycles. The Morgan fingerprint density at radius 2 is 2.14 bits per heavy atom. The molecular weight excluding hydrogens is 305 g/mol. The van der Waals surface area contributed by atoms with E-state index in [2.05, 4.69) is 5.32 Å². The van der Waals surface area contributed by atoms with Gasteiger partial charge in [0.15, 0.2) is 0 Å². The Kier molecular flexibility index (Phi) is 5.13. The van der Waals surface area contributed by atoms with Crippen molar-refractivity contribution >= 4 is 33.3 Å². The maximum absolute atomic E-state index is 13.8. The Morgan fingerprint density at radius 1 is 1.41 bits per heavy atom. The fourth-order valence-corrected chi connectivity index (χ4v) is 3.57. The quantitative estimate of drug-likeness (QED) is 0.854. The van der Waals surface area contributed by atoms with Crippen LogP contribution in [0.25, 0.3) is 10.1 Å². The Balaban J connectivity index is 2.18. The van der Waals surface area contributed by atoms with Crippen LogP contribution in [-0.4, -0.2) is 23.5 Å². The topological polar surface area (TPSA) is 66.4 Å². The summed E-state index contributed by atoms with van der Waals surface area (Å²) in [6, 6.07) is 4.74. The van der Waals surface area contributed by atoms with Crippen molar-refractivity contribution in [1.29, 1.82) is 0 Å². The van der Waals surface area contributed by atoms with Crippen molar-refractivity contribution in [2.24, 2.45) is 5.92 Å². The Morgan fingerprint density at radius 3 is 2.73 bits per heavy atom. The van der Waals surface area contributed by atoms with E-state index in [1.54, 1.807) is 19.1 Å². The van der Waals surface area contributed by atoms with Crippen molar-refractivity contribution in [3.05, 3.63) is 34.5 Å². The van der Waals surface area contributed by atoms with E-state index < -0.39 is 11.9 Å². The number of fused-ring (bicyclic) bond motifs is 1. The molecule has 2 N–H and O–H groups in total. The summed E-state index contributed by atoms with van der Waals surface area (Å²) in [6.45, 7) is 3.69. The summed E-state index contributed by atoms with van der Waals surface area (Å²) >= 11 is 1.22. The predicted octanol–water partition coefficient (Wildman–Crippen LogP) is 3.58. The SMILES string of the molecule is CCCC(CNC(=O)c1sc2cccc(F)c2c1C)C(=O)O. The monoisotopic (exact) mass is 323 g/mol. The molecule has 0 aliphatic rings. The molecule has 0 fully saturated rings. The number of nitrogens with one attached hydrogen (secondary N) is 1. The van der Waals surface area contributed by atoms with E-state index >= 15 is 0 Å². The molecular formula is C16H18FNO3S. The van der Waals surface area contributed by atoms with E-state index in [1.807, 2.05) is 6.92 Å². The Bertz CT molecular complexity index is 711. The number of thiophene rings is 1. The minimum absolute atomic E-state index is 0.0815. The van der Waals surface area contributed by atoms with Crippen LogP contribution in [0, 0.1) is 18.7 Å². The molecule has 2 aromatic rings. The van der Waals surface area contributed by atoms with Crippen LogP contribution in [0.2, 0.25) is 0 Å². The number of rotatable bonds is 6. The van der Waals surface area contributed by atoms with Gasteiger partial charge in [0, 0.05) is 16.6 Å². The molecule has 1 atom stereocenters. The van der Waals surface area contributed by atoms with E-state index in [1.165, 1.54) is 17.4 Å². The number of hydrogen-bond acceptors (Lipinski definition) is 3. The summed E-state index contributed by atoms with van der Waals surface area (Å²) in [4.78, 5) is 23.8. The molecule has 118 valence electrons. The van der Waals surface area contributed by atoms with Gasteiger partial charge in [-0.1, -0.05) is 19.4 Å². The lowest BCUT2D eigenvalue weighted by Crippen LogP contribution is -2.32. The molecule has 6 heteroatoms. The fourth-order valence-electron chi connectivity index (χ4n) is 2.43. The molecule has 22 heavy (non-hydrogen) atoms. The van der Waals surface area contributed by atoms with Gasteiger partial charge in [0.05, 0.1) is 10.8 Å². The van der Waals surface area contributed by atoms with Gasteiger partial charge in [0.25, 0.3) is 5.91 Å². The molecule has 1 unspecified atom stereocenters. The molecule has 0 spiro atoms. The van der Waals surface area contributed by atoms with Crippen molar-refractivity contribution in [2.75, 3.05) is 6.54 Å². The van der Waals surface area contributed by atoms with Crippen LogP contribution in [0.15, 0.2) is 18.2 Å². The summed E-state index contributed by atoms with van der Waals surface area (Å²) in [5, 5.41) is 12.2. The van der Waals surface area contributed by atoms with Crippen molar-refractivity contribution in [1.82, 2.24) is 5.32 Å². The predicted molar refractivity (Wildman–Crippen MR) is 84.9 cm³/mol. The van der Waals surface area contributed by atoms with Crippen molar-refractivity contribution in [3.63, 3.8) is 0 Å². The van der Waals surface area contributed by atoms with Gasteiger partial charge in [-0.3, -0.25) is 9.59 Å². The second kappa shape index (κ2) is 6.87. The molecule has 1 amide bonds. The zero-order chi connectivity index (χ0) is 16.3. The normalized spacial score (nSPS) is 12.3. The van der Waals surface area contributed by atoms with E-state index in [9.17, 15) is 14.0 Å². The van der Waals surface area contributed by atoms with Gasteiger partial charge in [-0.15, -0.1) is 11.3 Å². The van der Waals surface area contributed by atoms with Gasteiger partial charge in [-0.25, -0.2) is 4.39 Å². The highest BCUT2D eigenvalue weighted by molar-refractivity contribution is 7.21. The number of halogens is 1. The van der Waals surface area contributed by atoms with Gasteiger partial charge >= 0.3 is 5.97 Å². The Labute approximate surface area is 132 Å². The Hall–Kier alpha value is -1.95. The van der Waals surface area contributed by atoms with E-state index in [0.717, 1.165) is 6.42 Å². The van der Waals surface area contributed by atoms with Gasteiger partial charge < -0.3 is 10.4 Å². The number of carboxylic acids is 1. The third-order valence-electron chi connectivity index (χ3n) is 3.60. The number of carbonyl (C=O) groups excluding carboxylic acids is 1. The largest absolute Gasteiger partial charge is 0.481 e. The molecule has 0 radical (unpaired) electrons. The first-order chi connectivity index (χ1) is 10.5. The van der Waals surface area contributed by atoms with Crippen molar-refractivity contribution < 1.29 is 19.1 Å². The number of aliphatic carboxylic acids is 1. The first-order valence-corrected chi connectivity index (χ1v) is 7.96. The molecule has 0 bridgehead atoms. The maximum Gasteiger partial charge on any atom is 0.308 e. The summed E-state index contributed by atoms with van der Waals surface area (Å²) in [5.74, 6) is -2.21. The second-order valence-electron chi connectivity index (χ2n) is 5.20. The second-order valence-corrected chi connectivity index (χ2v) is 6.26. The minimum Gasteiger partial charge on any atom is -0.481 e. The highest BCUT2D eigenvalue weighted by atomic mass is 32.1. The molecule has 2 rings (SSSR count). The average molecular weight is 323 g/mol. The molecule has 1 heterocycles. The minimum atomic E-state index is -0.916. The third-order valence-corrected chi connectivity index (χ3v) is 4.86. The molecule has 0 saturated heterocycles. The van der Waals surface area contributed by atoms with Gasteiger partial charge in [-0.2, -0.15) is 0 Å². The van der Waals surface area contributed by atoms with Gasteiger partial charge in [-0.05, 0) is 31.0 Å². The molecule has 0 saturated carbocycles. The first kappa shape index (κ1) is 16.4. The molecule has 4 nitrogen and oxygen atoms in total. The number of carbonyl (C=O) groups is 2. The highest BCUT2D eigenvalue weighted by Crippen LogP contribution is 2.32. The van der Waals surface area contributed by atoms with E-state index in [-0.39, 0.29) is 18.3 Å². The van der Waals surface area contributed by atoms with E-state index in [4.69, 9.17) is 5.11 Å². The number of carboxylic acid groups (broad SMARTS) is 1. The summed E-state index contributed by atoms with van der Waals surface area (Å²) < 4.78 is 14.6. The van der Waals surface area contributed by atoms with Gasteiger partial charge in [0.2, 0.25) is 0 Å².